The molecule has 0 bridgehead atoms. The fourth-order valence-corrected chi connectivity index (χ4v) is 2.62. The summed E-state index contributed by atoms with van der Waals surface area (Å²) in [6, 6.07) is 15.3. The standard InChI is InChI=1S/C20H24N2O3/c1-4-22(13-16-8-6-5-7-9-16)14-19(23)21-18-12-17(20(24)25-3)11-10-15(18)2/h5-12H,4,13-14H2,1-3H3,(H,21,23)/p+1. The van der Waals surface area contributed by atoms with Gasteiger partial charge in [0.05, 0.1) is 19.2 Å². The highest BCUT2D eigenvalue weighted by Gasteiger charge is 2.15. The van der Waals surface area contributed by atoms with E-state index in [0.717, 1.165) is 18.7 Å². The van der Waals surface area contributed by atoms with E-state index in [1.165, 1.54) is 17.6 Å². The van der Waals surface area contributed by atoms with E-state index in [0.29, 0.717) is 17.8 Å². The highest BCUT2D eigenvalue weighted by atomic mass is 16.5. The Bertz CT molecular complexity index is 729. The van der Waals surface area contributed by atoms with Gasteiger partial charge in [0.1, 0.15) is 6.54 Å². The molecule has 0 fully saturated rings. The summed E-state index contributed by atoms with van der Waals surface area (Å²) in [7, 11) is 1.34. The summed E-state index contributed by atoms with van der Waals surface area (Å²) in [5.74, 6) is -0.488. The topological polar surface area (TPSA) is 59.8 Å². The number of carbonyl (C=O) groups is 2. The first-order chi connectivity index (χ1) is 12.0. The number of hydrogen-bond acceptors (Lipinski definition) is 3. The predicted octanol–water partition coefficient (Wildman–Crippen LogP) is 1.83. The summed E-state index contributed by atoms with van der Waals surface area (Å²) >= 11 is 0. The zero-order valence-corrected chi connectivity index (χ0v) is 15.0. The maximum atomic E-state index is 12.4. The van der Waals surface area contributed by atoms with E-state index in [-0.39, 0.29) is 5.91 Å². The van der Waals surface area contributed by atoms with Crippen LogP contribution in [0, 0.1) is 6.92 Å². The monoisotopic (exact) mass is 341 g/mol. The molecule has 0 aliphatic heterocycles. The summed E-state index contributed by atoms with van der Waals surface area (Å²) in [6.45, 7) is 5.97. The van der Waals surface area contributed by atoms with Gasteiger partial charge in [0, 0.05) is 11.3 Å². The molecule has 0 aromatic heterocycles. The van der Waals surface area contributed by atoms with Crippen molar-refractivity contribution in [3.63, 3.8) is 0 Å². The number of aryl methyl sites for hydroxylation is 1. The number of benzene rings is 2. The zero-order valence-electron chi connectivity index (χ0n) is 15.0. The lowest BCUT2D eigenvalue weighted by Gasteiger charge is -2.18. The molecule has 132 valence electrons. The number of anilines is 1. The first-order valence-corrected chi connectivity index (χ1v) is 8.39. The Morgan fingerprint density at radius 3 is 2.48 bits per heavy atom. The van der Waals surface area contributed by atoms with E-state index in [9.17, 15) is 9.59 Å². The Morgan fingerprint density at radius 1 is 1.12 bits per heavy atom. The number of ether oxygens (including phenoxy) is 1. The molecule has 0 spiro atoms. The van der Waals surface area contributed by atoms with Gasteiger partial charge in [-0.3, -0.25) is 4.79 Å². The van der Waals surface area contributed by atoms with Crippen LogP contribution < -0.4 is 10.2 Å². The van der Waals surface area contributed by atoms with Gasteiger partial charge in [-0.2, -0.15) is 0 Å². The smallest absolute Gasteiger partial charge is 0.337 e. The summed E-state index contributed by atoms with van der Waals surface area (Å²) in [6.07, 6.45) is 0. The molecule has 2 aromatic carbocycles. The van der Waals surface area contributed by atoms with Gasteiger partial charge in [-0.1, -0.05) is 36.4 Å². The van der Waals surface area contributed by atoms with E-state index >= 15 is 0 Å². The normalized spacial score (nSPS) is 11.6. The van der Waals surface area contributed by atoms with Crippen LogP contribution in [0.15, 0.2) is 48.5 Å². The number of quaternary nitrogens is 1. The minimum absolute atomic E-state index is 0.0714. The molecule has 1 amide bonds. The van der Waals surface area contributed by atoms with Crippen LogP contribution in [0.1, 0.15) is 28.4 Å². The quantitative estimate of drug-likeness (QED) is 0.756. The fourth-order valence-electron chi connectivity index (χ4n) is 2.62. The van der Waals surface area contributed by atoms with Crippen molar-refractivity contribution in [3.8, 4) is 0 Å². The number of amides is 1. The second-order valence-corrected chi connectivity index (χ2v) is 6.01. The Hall–Kier alpha value is -2.66. The van der Waals surface area contributed by atoms with Gasteiger partial charge < -0.3 is 15.0 Å². The van der Waals surface area contributed by atoms with Crippen molar-refractivity contribution in [1.82, 2.24) is 0 Å². The van der Waals surface area contributed by atoms with Gasteiger partial charge in [0.25, 0.3) is 5.91 Å². The summed E-state index contributed by atoms with van der Waals surface area (Å²) in [5, 5.41) is 2.91. The molecule has 2 aromatic rings. The van der Waals surface area contributed by atoms with Gasteiger partial charge >= 0.3 is 5.97 Å². The summed E-state index contributed by atoms with van der Waals surface area (Å²) in [4.78, 5) is 25.2. The molecule has 0 saturated carbocycles. The van der Waals surface area contributed by atoms with E-state index in [1.54, 1.807) is 18.2 Å². The van der Waals surface area contributed by atoms with Crippen molar-refractivity contribution in [1.29, 1.82) is 0 Å². The average molecular weight is 341 g/mol. The largest absolute Gasteiger partial charge is 0.465 e. The van der Waals surface area contributed by atoms with E-state index in [1.807, 2.05) is 25.1 Å². The third-order valence-corrected chi connectivity index (χ3v) is 4.14. The Labute approximate surface area is 148 Å². The van der Waals surface area contributed by atoms with Crippen LogP contribution in [0.2, 0.25) is 0 Å². The van der Waals surface area contributed by atoms with Gasteiger partial charge in [0.2, 0.25) is 0 Å². The second-order valence-electron chi connectivity index (χ2n) is 6.01. The lowest BCUT2D eigenvalue weighted by atomic mass is 10.1. The third kappa shape index (κ3) is 5.43. The molecule has 5 heteroatoms. The first-order valence-electron chi connectivity index (χ1n) is 8.39. The molecule has 0 heterocycles. The highest BCUT2D eigenvalue weighted by molar-refractivity contribution is 5.95. The third-order valence-electron chi connectivity index (χ3n) is 4.14. The minimum atomic E-state index is -0.416. The predicted molar refractivity (Wildman–Crippen MR) is 97.7 cm³/mol. The number of nitrogens with one attached hydrogen (secondary N) is 2. The van der Waals surface area contributed by atoms with Gasteiger partial charge in [-0.15, -0.1) is 0 Å². The van der Waals surface area contributed by atoms with Crippen molar-refractivity contribution in [2.45, 2.75) is 20.4 Å². The molecular formula is C20H25N2O3+. The number of esters is 1. The molecule has 1 unspecified atom stereocenters. The molecule has 2 N–H and O–H groups in total. The molecule has 0 saturated heterocycles. The number of likely N-dealkylation sites (N-methyl/N-ethyl adjacent to an activating group) is 1. The second kappa shape index (κ2) is 8.99. The summed E-state index contributed by atoms with van der Waals surface area (Å²) < 4.78 is 4.73. The van der Waals surface area contributed by atoms with Crippen molar-refractivity contribution in [3.05, 3.63) is 65.2 Å². The molecule has 1 atom stereocenters. The lowest BCUT2D eigenvalue weighted by molar-refractivity contribution is -0.903. The SMILES string of the molecule is CC[NH+](CC(=O)Nc1cc(C(=O)OC)ccc1C)Cc1ccccc1. The van der Waals surface area contributed by atoms with Gasteiger partial charge in [-0.05, 0) is 31.5 Å². The van der Waals surface area contributed by atoms with E-state index in [2.05, 4.69) is 24.4 Å². The maximum absolute atomic E-state index is 12.4. The zero-order chi connectivity index (χ0) is 18.2. The molecule has 2 rings (SSSR count). The molecular weight excluding hydrogens is 316 g/mol. The number of rotatable bonds is 7. The van der Waals surface area contributed by atoms with Crippen molar-refractivity contribution in [2.75, 3.05) is 25.5 Å². The summed E-state index contributed by atoms with van der Waals surface area (Å²) in [5.41, 5.74) is 3.17. The fraction of sp³-hybridized carbons (Fsp3) is 0.300. The van der Waals surface area contributed by atoms with Crippen molar-refractivity contribution < 1.29 is 19.2 Å². The molecule has 25 heavy (non-hydrogen) atoms. The number of hydrogen-bond donors (Lipinski definition) is 2. The van der Waals surface area contributed by atoms with Crippen molar-refractivity contribution >= 4 is 17.6 Å². The van der Waals surface area contributed by atoms with E-state index in [4.69, 9.17) is 4.74 Å². The van der Waals surface area contributed by atoms with Crippen LogP contribution in [0.4, 0.5) is 5.69 Å². The van der Waals surface area contributed by atoms with Crippen LogP contribution in [0.3, 0.4) is 0 Å². The van der Waals surface area contributed by atoms with Crippen LogP contribution in [0.25, 0.3) is 0 Å². The molecule has 0 aliphatic carbocycles. The Kier molecular flexibility index (Phi) is 6.71. The average Bonchev–Trinajstić information content (AvgIpc) is 2.63. The minimum Gasteiger partial charge on any atom is -0.465 e. The molecule has 0 radical (unpaired) electrons. The highest BCUT2D eigenvalue weighted by Crippen LogP contribution is 2.17. The Morgan fingerprint density at radius 2 is 1.84 bits per heavy atom. The maximum Gasteiger partial charge on any atom is 0.337 e. The number of carbonyl (C=O) groups excluding carboxylic acids is 2. The molecule has 0 aliphatic rings. The van der Waals surface area contributed by atoms with Gasteiger partial charge in [0.15, 0.2) is 6.54 Å². The van der Waals surface area contributed by atoms with Crippen LogP contribution >= 0.6 is 0 Å². The first kappa shape index (κ1) is 18.7. The lowest BCUT2D eigenvalue weighted by Crippen LogP contribution is -3.11. The van der Waals surface area contributed by atoms with E-state index < -0.39 is 5.97 Å². The Balaban J connectivity index is 2.02. The number of methoxy groups -OCH3 is 1. The molecule has 5 nitrogen and oxygen atoms in total. The van der Waals surface area contributed by atoms with Crippen LogP contribution in [0.5, 0.6) is 0 Å². The van der Waals surface area contributed by atoms with Crippen LogP contribution in [-0.4, -0.2) is 32.1 Å². The van der Waals surface area contributed by atoms with Gasteiger partial charge in [-0.25, -0.2) is 4.79 Å². The van der Waals surface area contributed by atoms with Crippen LogP contribution in [-0.2, 0) is 16.1 Å². The van der Waals surface area contributed by atoms with Crippen molar-refractivity contribution in [2.24, 2.45) is 0 Å².